The van der Waals surface area contributed by atoms with Crippen molar-refractivity contribution in [2.75, 3.05) is 27.5 Å². The Kier molecular flexibility index (Phi) is 4.38. The van der Waals surface area contributed by atoms with Gasteiger partial charge in [0.05, 0.1) is 12.8 Å². The molecule has 1 aromatic carbocycles. The number of oxime groups is 1. The maximum atomic E-state index is 9.58. The van der Waals surface area contributed by atoms with Crippen molar-refractivity contribution in [3.05, 3.63) is 47.3 Å². The number of hydrogen-bond donors (Lipinski definition) is 1. The Morgan fingerprint density at radius 1 is 1.42 bits per heavy atom. The van der Waals surface area contributed by atoms with Gasteiger partial charge in [-0.05, 0) is 37.2 Å². The Morgan fingerprint density at radius 3 is 3.04 bits per heavy atom. The third-order valence-corrected chi connectivity index (χ3v) is 5.01. The first-order valence-corrected chi connectivity index (χ1v) is 8.55. The zero-order chi connectivity index (χ0) is 18.1. The van der Waals surface area contributed by atoms with Gasteiger partial charge in [0.1, 0.15) is 5.71 Å². The van der Waals surface area contributed by atoms with E-state index in [1.54, 1.807) is 13.3 Å². The predicted octanol–water partition coefficient (Wildman–Crippen LogP) is 2.62. The van der Waals surface area contributed by atoms with Crippen molar-refractivity contribution in [3.63, 3.8) is 0 Å². The average Bonchev–Trinajstić information content (AvgIpc) is 3.14. The van der Waals surface area contributed by atoms with Crippen molar-refractivity contribution < 1.29 is 19.4 Å². The molecular formula is C19H21N3O4. The van der Waals surface area contributed by atoms with Gasteiger partial charge >= 0.3 is 0 Å². The number of ether oxygens (including phenoxy) is 3. The third kappa shape index (κ3) is 2.74. The molecule has 0 spiro atoms. The fraction of sp³-hybridized carbons (Fsp3) is 0.368. The summed E-state index contributed by atoms with van der Waals surface area (Å²) in [6.45, 7) is 1.09. The molecule has 0 aliphatic carbocycles. The van der Waals surface area contributed by atoms with E-state index in [4.69, 9.17) is 14.2 Å². The highest BCUT2D eigenvalue weighted by Gasteiger charge is 2.34. The number of hydrogen-bond acceptors (Lipinski definition) is 7. The number of pyridine rings is 1. The highest BCUT2D eigenvalue weighted by Crippen LogP contribution is 2.50. The number of likely N-dealkylation sites (N-methyl/N-ethyl adjacent to an activating group) is 1. The first-order chi connectivity index (χ1) is 12.7. The molecular weight excluding hydrogens is 334 g/mol. The standard InChI is InChI=1S/C19H21N3O4/c1-22-8-6-12-9-16-18(26-11-25-16)19(24-2)17(12)15(22)10-14(21-23)13-5-3-4-7-20-13/h3-5,7,9,15,23H,6,8,10-11H2,1-2H3/b21-14+/t15-/m0/s1. The maximum Gasteiger partial charge on any atom is 0.231 e. The minimum atomic E-state index is -0.0175. The molecule has 2 aliphatic heterocycles. The van der Waals surface area contributed by atoms with Crippen molar-refractivity contribution in [3.8, 4) is 17.2 Å². The van der Waals surface area contributed by atoms with E-state index < -0.39 is 0 Å². The second-order valence-electron chi connectivity index (χ2n) is 6.43. The average molecular weight is 355 g/mol. The number of fused-ring (bicyclic) bond motifs is 2. The molecule has 1 aromatic heterocycles. The molecule has 136 valence electrons. The second kappa shape index (κ2) is 6.84. The van der Waals surface area contributed by atoms with Crippen LogP contribution in [0.4, 0.5) is 0 Å². The van der Waals surface area contributed by atoms with Crippen molar-refractivity contribution >= 4 is 5.71 Å². The minimum absolute atomic E-state index is 0.0175. The summed E-state index contributed by atoms with van der Waals surface area (Å²) >= 11 is 0. The van der Waals surface area contributed by atoms with E-state index in [2.05, 4.69) is 22.1 Å². The van der Waals surface area contributed by atoms with Crippen LogP contribution in [0.25, 0.3) is 0 Å². The van der Waals surface area contributed by atoms with E-state index in [1.165, 1.54) is 5.56 Å². The molecule has 0 fully saturated rings. The van der Waals surface area contributed by atoms with Crippen LogP contribution in [0.1, 0.15) is 29.3 Å². The first kappa shape index (κ1) is 16.7. The quantitative estimate of drug-likeness (QED) is 0.516. The Bertz CT molecular complexity index is 838. The molecule has 0 bridgehead atoms. The van der Waals surface area contributed by atoms with E-state index in [-0.39, 0.29) is 12.8 Å². The van der Waals surface area contributed by atoms with E-state index in [0.717, 1.165) is 24.3 Å². The summed E-state index contributed by atoms with van der Waals surface area (Å²) in [5, 5.41) is 13.1. The molecule has 0 radical (unpaired) electrons. The minimum Gasteiger partial charge on any atom is -0.492 e. The monoisotopic (exact) mass is 355 g/mol. The van der Waals surface area contributed by atoms with Gasteiger partial charge in [-0.25, -0.2) is 0 Å². The van der Waals surface area contributed by atoms with Gasteiger partial charge in [0.15, 0.2) is 11.5 Å². The second-order valence-corrected chi connectivity index (χ2v) is 6.43. The molecule has 1 N–H and O–H groups in total. The molecule has 2 aromatic rings. The van der Waals surface area contributed by atoms with Crippen molar-refractivity contribution in [1.82, 2.24) is 9.88 Å². The summed E-state index contributed by atoms with van der Waals surface area (Å²) < 4.78 is 16.9. The van der Waals surface area contributed by atoms with Crippen LogP contribution in [0.15, 0.2) is 35.6 Å². The van der Waals surface area contributed by atoms with Gasteiger partial charge in [-0.15, -0.1) is 0 Å². The summed E-state index contributed by atoms with van der Waals surface area (Å²) in [6.07, 6.45) is 3.09. The van der Waals surface area contributed by atoms with Crippen LogP contribution in [0, 0.1) is 0 Å². The van der Waals surface area contributed by atoms with Crippen molar-refractivity contribution in [1.29, 1.82) is 0 Å². The van der Waals surface area contributed by atoms with Crippen LogP contribution < -0.4 is 14.2 Å². The topological polar surface area (TPSA) is 76.4 Å². The van der Waals surface area contributed by atoms with Gasteiger partial charge in [-0.1, -0.05) is 11.2 Å². The molecule has 1 atom stereocenters. The molecule has 0 saturated carbocycles. The molecule has 0 unspecified atom stereocenters. The molecule has 0 saturated heterocycles. The van der Waals surface area contributed by atoms with Gasteiger partial charge in [-0.3, -0.25) is 9.88 Å². The SMILES string of the molecule is COc1c2c(cc3c1[C@H](C/C(=N\O)c1ccccn1)N(C)CC3)OCO2. The van der Waals surface area contributed by atoms with E-state index in [1.807, 2.05) is 24.3 Å². The number of methoxy groups -OCH3 is 1. The number of rotatable bonds is 4. The summed E-state index contributed by atoms with van der Waals surface area (Å²) in [5.74, 6) is 2.07. The smallest absolute Gasteiger partial charge is 0.231 e. The predicted molar refractivity (Wildman–Crippen MR) is 95.4 cm³/mol. The fourth-order valence-electron chi connectivity index (χ4n) is 3.70. The molecule has 0 amide bonds. The number of aromatic nitrogens is 1. The van der Waals surface area contributed by atoms with Gasteiger partial charge in [0.2, 0.25) is 12.5 Å². The highest BCUT2D eigenvalue weighted by molar-refractivity contribution is 5.99. The summed E-state index contributed by atoms with van der Waals surface area (Å²) in [6, 6.07) is 7.58. The lowest BCUT2D eigenvalue weighted by molar-refractivity contribution is 0.170. The van der Waals surface area contributed by atoms with Gasteiger partial charge in [0, 0.05) is 30.8 Å². The largest absolute Gasteiger partial charge is 0.492 e. The van der Waals surface area contributed by atoms with Crippen LogP contribution in [0.5, 0.6) is 17.2 Å². The molecule has 26 heavy (non-hydrogen) atoms. The maximum absolute atomic E-state index is 9.58. The van der Waals surface area contributed by atoms with E-state index in [9.17, 15) is 5.21 Å². The van der Waals surface area contributed by atoms with Crippen LogP contribution in [0.3, 0.4) is 0 Å². The summed E-state index contributed by atoms with van der Waals surface area (Å²) in [5.41, 5.74) is 3.43. The zero-order valence-electron chi connectivity index (χ0n) is 14.8. The van der Waals surface area contributed by atoms with E-state index >= 15 is 0 Å². The Morgan fingerprint density at radius 2 is 2.31 bits per heavy atom. The van der Waals surface area contributed by atoms with Gasteiger partial charge < -0.3 is 19.4 Å². The first-order valence-electron chi connectivity index (χ1n) is 8.55. The zero-order valence-corrected chi connectivity index (χ0v) is 14.8. The number of nitrogens with zero attached hydrogens (tertiary/aromatic N) is 3. The van der Waals surface area contributed by atoms with Crippen molar-refractivity contribution in [2.45, 2.75) is 18.9 Å². The van der Waals surface area contributed by atoms with Crippen LogP contribution >= 0.6 is 0 Å². The molecule has 3 heterocycles. The Hall–Kier alpha value is -2.80. The molecule has 2 aliphatic rings. The lowest BCUT2D eigenvalue weighted by atomic mass is 9.88. The lowest BCUT2D eigenvalue weighted by Gasteiger charge is -2.35. The van der Waals surface area contributed by atoms with Crippen molar-refractivity contribution in [2.24, 2.45) is 5.16 Å². The summed E-state index contributed by atoms with van der Waals surface area (Å²) in [4.78, 5) is 6.55. The number of benzene rings is 1. The van der Waals surface area contributed by atoms with Crippen LogP contribution in [0.2, 0.25) is 0 Å². The molecule has 7 nitrogen and oxygen atoms in total. The summed E-state index contributed by atoms with van der Waals surface area (Å²) in [7, 11) is 3.70. The van der Waals surface area contributed by atoms with Gasteiger partial charge in [-0.2, -0.15) is 0 Å². The van der Waals surface area contributed by atoms with Gasteiger partial charge in [0.25, 0.3) is 0 Å². The molecule has 4 rings (SSSR count). The normalized spacial score (nSPS) is 19.3. The lowest BCUT2D eigenvalue weighted by Crippen LogP contribution is -2.34. The fourth-order valence-corrected chi connectivity index (χ4v) is 3.70. The highest BCUT2D eigenvalue weighted by atomic mass is 16.7. The molecule has 7 heteroatoms. The Labute approximate surface area is 151 Å². The van der Waals surface area contributed by atoms with E-state index in [0.29, 0.717) is 29.3 Å². The van der Waals surface area contributed by atoms with Crippen LogP contribution in [-0.2, 0) is 6.42 Å². The third-order valence-electron chi connectivity index (χ3n) is 5.01. The van der Waals surface area contributed by atoms with Crippen LogP contribution in [-0.4, -0.2) is 48.3 Å². The Balaban J connectivity index is 1.76.